The van der Waals surface area contributed by atoms with Gasteiger partial charge in [0.15, 0.2) is 0 Å². The maximum atomic E-state index is 2.86. The molecule has 0 saturated carbocycles. The molecule has 0 bridgehead atoms. The van der Waals surface area contributed by atoms with Crippen LogP contribution in [-0.2, 0) is 17.9 Å². The molecule has 26 heavy (non-hydrogen) atoms. The summed E-state index contributed by atoms with van der Waals surface area (Å²) in [6.45, 7) is 30.0. The van der Waals surface area contributed by atoms with Crippen LogP contribution in [0.5, 0.6) is 0 Å². The second kappa shape index (κ2) is 6.03. The number of hydrogen-bond acceptors (Lipinski definition) is 0. The van der Waals surface area contributed by atoms with Crippen LogP contribution in [0.4, 0.5) is 0 Å². The normalized spacial score (nSPS) is 25.0. The Morgan fingerprint density at radius 3 is 0.885 bits per heavy atom. The molecule has 0 unspecified atom stereocenters. The van der Waals surface area contributed by atoms with Gasteiger partial charge in [-0.2, -0.15) is 0 Å². The van der Waals surface area contributed by atoms with E-state index in [-0.39, 0.29) is 6.25 Å². The minimum absolute atomic E-state index is 0.290. The first-order valence-electron chi connectivity index (χ1n) is 10.4. The third kappa shape index (κ3) is 2.00. The van der Waals surface area contributed by atoms with E-state index < -0.39 is 23.9 Å². The fourth-order valence-corrected chi connectivity index (χ4v) is 47.3. The summed E-state index contributed by atoms with van der Waals surface area (Å²) in [6.07, 6.45) is 0. The topological polar surface area (TPSA) is 0 Å². The van der Waals surface area contributed by atoms with Gasteiger partial charge < -0.3 is 0 Å². The standard InChI is InChI=1S/2C10H15.C2H7Si.2CH3.Zr/c2*1-6-7(2)9(4)10(5)8(6)3;1-3-2;;;/h2*1-5H3;3H,1-2H3;2*1H3;. The van der Waals surface area contributed by atoms with Crippen molar-refractivity contribution in [2.45, 2.75) is 97.8 Å². The molecular formula is C24H43SiZr. The predicted octanol–water partition coefficient (Wildman–Crippen LogP) is 8.49. The van der Waals surface area contributed by atoms with E-state index in [0.717, 1.165) is 0 Å². The van der Waals surface area contributed by atoms with Crippen molar-refractivity contribution in [2.75, 3.05) is 0 Å². The van der Waals surface area contributed by atoms with Gasteiger partial charge in [-0.15, -0.1) is 0 Å². The van der Waals surface area contributed by atoms with Crippen molar-refractivity contribution < 1.29 is 17.9 Å². The minimum atomic E-state index is -3.44. The van der Waals surface area contributed by atoms with Gasteiger partial charge >= 0.3 is 166 Å². The van der Waals surface area contributed by atoms with Gasteiger partial charge in [0, 0.05) is 0 Å². The Balaban J connectivity index is 3.07. The number of hydrogen-bond donors (Lipinski definition) is 0. The molecule has 147 valence electrons. The summed E-state index contributed by atoms with van der Waals surface area (Å²) in [5, 5.41) is 0. The molecule has 2 aliphatic rings. The first-order valence-corrected chi connectivity index (χ1v) is 25.0. The number of allylic oxidation sites excluding steroid dienone is 8. The molecule has 0 N–H and O–H groups in total. The Morgan fingerprint density at radius 1 is 0.538 bits per heavy atom. The van der Waals surface area contributed by atoms with E-state index in [9.17, 15) is 0 Å². The summed E-state index contributed by atoms with van der Waals surface area (Å²) in [6, 6.07) is 0. The second-order valence-electron chi connectivity index (χ2n) is 10.9. The van der Waals surface area contributed by atoms with E-state index in [4.69, 9.17) is 0 Å². The van der Waals surface area contributed by atoms with Crippen LogP contribution in [0.15, 0.2) is 44.6 Å². The average molecular weight is 451 g/mol. The van der Waals surface area contributed by atoms with E-state index in [1.165, 1.54) is 0 Å². The Hall–Kier alpha value is 0.0600. The molecule has 0 saturated heterocycles. The molecular weight excluding hydrogens is 408 g/mol. The summed E-state index contributed by atoms with van der Waals surface area (Å²) >= 11 is -3.44. The van der Waals surface area contributed by atoms with Crippen molar-refractivity contribution in [1.29, 1.82) is 0 Å². The predicted molar refractivity (Wildman–Crippen MR) is 121 cm³/mol. The summed E-state index contributed by atoms with van der Waals surface area (Å²) < 4.78 is 6.29. The molecule has 0 heterocycles. The van der Waals surface area contributed by atoms with Crippen LogP contribution in [0.25, 0.3) is 0 Å². The van der Waals surface area contributed by atoms with Gasteiger partial charge in [-0.1, -0.05) is 0 Å². The fourth-order valence-electron chi connectivity index (χ4n) is 7.15. The van der Waals surface area contributed by atoms with Gasteiger partial charge in [-0.05, 0) is 0 Å². The Labute approximate surface area is 165 Å². The SMILES string of the molecule is CC1=C(C)[C](C)([Zr]([CH3])([CH3])([SiH](C)C)[C]2(C)C(C)=C(C)C(C)=C2C)C(C)=C1C. The van der Waals surface area contributed by atoms with E-state index in [1.54, 1.807) is 44.6 Å². The molecule has 0 aliphatic heterocycles. The zero-order valence-corrected chi connectivity index (χ0v) is 23.7. The van der Waals surface area contributed by atoms with Crippen LogP contribution in [0.2, 0.25) is 28.6 Å². The fraction of sp³-hybridized carbons (Fsp3) is 0.667. The first kappa shape index (κ1) is 22.4. The van der Waals surface area contributed by atoms with E-state index >= 15 is 0 Å². The molecule has 0 atom stereocenters. The third-order valence-corrected chi connectivity index (χ3v) is 65.8. The summed E-state index contributed by atoms with van der Waals surface area (Å²) in [7, 11) is 0. The molecule has 0 aromatic carbocycles. The molecule has 2 aliphatic carbocycles. The molecule has 0 aromatic heterocycles. The van der Waals surface area contributed by atoms with Crippen molar-refractivity contribution in [3.63, 3.8) is 0 Å². The van der Waals surface area contributed by atoms with Gasteiger partial charge in [0.05, 0.1) is 0 Å². The van der Waals surface area contributed by atoms with Gasteiger partial charge in [0.1, 0.15) is 0 Å². The summed E-state index contributed by atoms with van der Waals surface area (Å²) in [4.78, 5) is 0. The van der Waals surface area contributed by atoms with E-state index in [0.29, 0.717) is 0 Å². The maximum absolute atomic E-state index is 3.44. The van der Waals surface area contributed by atoms with Crippen molar-refractivity contribution in [2.24, 2.45) is 0 Å². The Bertz CT molecular complexity index is 701. The van der Waals surface area contributed by atoms with Gasteiger partial charge in [0.25, 0.3) is 0 Å². The molecule has 0 nitrogen and oxygen atoms in total. The van der Waals surface area contributed by atoms with Crippen LogP contribution in [0.3, 0.4) is 0 Å². The first-order chi connectivity index (χ1) is 11.5. The third-order valence-electron chi connectivity index (χ3n) is 11.2. The average Bonchev–Trinajstić information content (AvgIpc) is 2.83. The van der Waals surface area contributed by atoms with Crippen LogP contribution < -0.4 is 0 Å². The van der Waals surface area contributed by atoms with Crippen LogP contribution >= 0.6 is 0 Å². The van der Waals surface area contributed by atoms with Crippen molar-refractivity contribution in [3.05, 3.63) is 44.6 Å². The van der Waals surface area contributed by atoms with Gasteiger partial charge in [0.2, 0.25) is 0 Å². The van der Waals surface area contributed by atoms with Crippen LogP contribution in [0, 0.1) is 0 Å². The van der Waals surface area contributed by atoms with Crippen LogP contribution in [-0.4, -0.2) is 5.92 Å². The van der Waals surface area contributed by atoms with E-state index in [2.05, 4.69) is 91.6 Å². The quantitative estimate of drug-likeness (QED) is 0.378. The zero-order valence-electron chi connectivity index (χ0n) is 20.1. The van der Waals surface area contributed by atoms with Gasteiger partial charge in [-0.3, -0.25) is 0 Å². The molecule has 0 fully saturated rings. The van der Waals surface area contributed by atoms with Crippen molar-refractivity contribution >= 4 is 5.92 Å². The van der Waals surface area contributed by atoms with Gasteiger partial charge in [-0.25, -0.2) is 0 Å². The second-order valence-corrected chi connectivity index (χ2v) is 49.1. The monoisotopic (exact) mass is 449 g/mol. The molecule has 0 spiro atoms. The van der Waals surface area contributed by atoms with Crippen molar-refractivity contribution in [1.82, 2.24) is 0 Å². The number of rotatable bonds is 3. The molecule has 0 radical (unpaired) electrons. The Kier molecular flexibility index (Phi) is 5.18. The molecule has 0 aromatic rings. The van der Waals surface area contributed by atoms with E-state index in [1.807, 2.05) is 0 Å². The summed E-state index contributed by atoms with van der Waals surface area (Å²) in [5.74, 6) is -0.946. The summed E-state index contributed by atoms with van der Waals surface area (Å²) in [5.41, 5.74) is 13.0. The molecule has 2 heteroatoms. The molecule has 2 rings (SSSR count). The molecule has 0 amide bonds. The Morgan fingerprint density at radius 2 is 0.731 bits per heavy atom. The van der Waals surface area contributed by atoms with Crippen LogP contribution in [0.1, 0.15) is 69.2 Å². The van der Waals surface area contributed by atoms with Crippen molar-refractivity contribution in [3.8, 4) is 0 Å². The zero-order chi connectivity index (χ0) is 20.6.